The molecule has 5 heteroatoms. The highest BCUT2D eigenvalue weighted by Gasteiger charge is 2.22. The third kappa shape index (κ3) is 4.28. The normalized spacial score (nSPS) is 17.8. The molecule has 0 radical (unpaired) electrons. The minimum Gasteiger partial charge on any atom is -0.353 e. The summed E-state index contributed by atoms with van der Waals surface area (Å²) in [7, 11) is 0. The molecular formula is C15H20BrFN2O. The summed E-state index contributed by atoms with van der Waals surface area (Å²) in [6, 6.07) is 5.02. The van der Waals surface area contributed by atoms with Gasteiger partial charge in [0, 0.05) is 12.0 Å². The maximum Gasteiger partial charge on any atom is 0.223 e. The fourth-order valence-electron chi connectivity index (χ4n) is 2.52. The molecule has 2 N–H and O–H groups in total. The van der Waals surface area contributed by atoms with Gasteiger partial charge in [0.1, 0.15) is 5.82 Å². The second-order valence-corrected chi connectivity index (χ2v) is 6.24. The second-order valence-electron chi connectivity index (χ2n) is 5.39. The van der Waals surface area contributed by atoms with Crippen LogP contribution in [0, 0.1) is 11.7 Å². The van der Waals surface area contributed by atoms with Gasteiger partial charge in [-0.15, -0.1) is 0 Å². The van der Waals surface area contributed by atoms with Gasteiger partial charge in [-0.3, -0.25) is 4.79 Å². The third-order valence-electron chi connectivity index (χ3n) is 3.62. The number of rotatable bonds is 4. The molecule has 1 unspecified atom stereocenters. The summed E-state index contributed by atoms with van der Waals surface area (Å²) in [5.41, 5.74) is 1.01. The highest BCUT2D eigenvalue weighted by Crippen LogP contribution is 2.18. The van der Waals surface area contributed by atoms with E-state index in [1.807, 2.05) is 6.92 Å². The molecule has 0 saturated carbocycles. The molecule has 0 spiro atoms. The first-order chi connectivity index (χ1) is 9.56. The summed E-state index contributed by atoms with van der Waals surface area (Å²) < 4.78 is 13.6. The van der Waals surface area contributed by atoms with Gasteiger partial charge in [0.15, 0.2) is 0 Å². The Hall–Kier alpha value is -0.940. The van der Waals surface area contributed by atoms with Gasteiger partial charge in [0.25, 0.3) is 0 Å². The minimum atomic E-state index is -0.264. The van der Waals surface area contributed by atoms with E-state index in [0.29, 0.717) is 10.9 Å². The van der Waals surface area contributed by atoms with Crippen molar-refractivity contribution in [3.63, 3.8) is 0 Å². The zero-order valence-corrected chi connectivity index (χ0v) is 13.2. The Labute approximate surface area is 127 Å². The highest BCUT2D eigenvalue weighted by atomic mass is 79.9. The van der Waals surface area contributed by atoms with Crippen molar-refractivity contribution in [1.29, 1.82) is 0 Å². The zero-order chi connectivity index (χ0) is 14.5. The van der Waals surface area contributed by atoms with E-state index in [0.717, 1.165) is 31.5 Å². The Morgan fingerprint density at radius 1 is 1.50 bits per heavy atom. The molecule has 1 fully saturated rings. The van der Waals surface area contributed by atoms with Crippen molar-refractivity contribution in [2.45, 2.75) is 32.2 Å². The van der Waals surface area contributed by atoms with Gasteiger partial charge < -0.3 is 10.6 Å². The van der Waals surface area contributed by atoms with Crippen LogP contribution in [0.1, 0.15) is 25.3 Å². The van der Waals surface area contributed by atoms with Crippen LogP contribution in [-0.4, -0.2) is 25.0 Å². The summed E-state index contributed by atoms with van der Waals surface area (Å²) in [6.07, 6.45) is 2.51. The first kappa shape index (κ1) is 15.4. The minimum absolute atomic E-state index is 0.0507. The maximum absolute atomic E-state index is 13.2. The number of amides is 1. The predicted octanol–water partition coefficient (Wildman–Crippen LogP) is 2.64. The molecular weight excluding hydrogens is 323 g/mol. The van der Waals surface area contributed by atoms with E-state index in [1.54, 1.807) is 12.1 Å². The number of halogens is 2. The average molecular weight is 343 g/mol. The van der Waals surface area contributed by atoms with Crippen LogP contribution in [0.3, 0.4) is 0 Å². The van der Waals surface area contributed by atoms with Crippen molar-refractivity contribution in [2.24, 2.45) is 5.92 Å². The van der Waals surface area contributed by atoms with Crippen molar-refractivity contribution in [3.8, 4) is 0 Å². The van der Waals surface area contributed by atoms with Gasteiger partial charge in [-0.25, -0.2) is 4.39 Å². The monoisotopic (exact) mass is 342 g/mol. The Kier molecular flexibility index (Phi) is 5.54. The molecule has 1 heterocycles. The van der Waals surface area contributed by atoms with Crippen LogP contribution >= 0.6 is 15.9 Å². The van der Waals surface area contributed by atoms with Crippen LogP contribution in [0.15, 0.2) is 22.7 Å². The molecule has 1 saturated heterocycles. The van der Waals surface area contributed by atoms with Gasteiger partial charge in [0.2, 0.25) is 5.91 Å². The maximum atomic E-state index is 13.2. The van der Waals surface area contributed by atoms with Crippen molar-refractivity contribution in [3.05, 3.63) is 34.1 Å². The Morgan fingerprint density at radius 3 is 2.85 bits per heavy atom. The molecule has 3 nitrogen and oxygen atoms in total. The van der Waals surface area contributed by atoms with Gasteiger partial charge >= 0.3 is 0 Å². The number of hydrogen-bond acceptors (Lipinski definition) is 2. The molecule has 0 aliphatic carbocycles. The topological polar surface area (TPSA) is 41.1 Å². The first-order valence-electron chi connectivity index (χ1n) is 7.01. The predicted molar refractivity (Wildman–Crippen MR) is 81.0 cm³/mol. The summed E-state index contributed by atoms with van der Waals surface area (Å²) >= 11 is 3.18. The molecule has 20 heavy (non-hydrogen) atoms. The molecule has 1 amide bonds. The van der Waals surface area contributed by atoms with E-state index in [9.17, 15) is 9.18 Å². The van der Waals surface area contributed by atoms with Crippen LogP contribution in [0.4, 0.5) is 4.39 Å². The number of carbonyl (C=O) groups is 1. The number of benzene rings is 1. The SMILES string of the molecule is CC(Cc1ccc(F)c(Br)c1)NC(=O)C1CCNCC1. The molecule has 2 rings (SSSR count). The second kappa shape index (κ2) is 7.18. The van der Waals surface area contributed by atoms with Crippen LogP contribution in [0.2, 0.25) is 0 Å². The Bertz CT molecular complexity index is 475. The van der Waals surface area contributed by atoms with Gasteiger partial charge in [0.05, 0.1) is 4.47 Å². The van der Waals surface area contributed by atoms with E-state index in [2.05, 4.69) is 26.6 Å². The summed E-state index contributed by atoms with van der Waals surface area (Å²) in [5.74, 6) is -0.000949. The van der Waals surface area contributed by atoms with Crippen LogP contribution in [-0.2, 0) is 11.2 Å². The Balaban J connectivity index is 1.86. The fraction of sp³-hybridized carbons (Fsp3) is 0.533. The molecule has 110 valence electrons. The summed E-state index contributed by atoms with van der Waals surface area (Å²) in [6.45, 7) is 3.81. The zero-order valence-electron chi connectivity index (χ0n) is 11.6. The smallest absolute Gasteiger partial charge is 0.223 e. The third-order valence-corrected chi connectivity index (χ3v) is 4.23. The lowest BCUT2D eigenvalue weighted by molar-refractivity contribution is -0.126. The molecule has 1 aromatic carbocycles. The lowest BCUT2D eigenvalue weighted by Crippen LogP contribution is -2.42. The lowest BCUT2D eigenvalue weighted by Gasteiger charge is -2.24. The molecule has 1 aromatic rings. The van der Waals surface area contributed by atoms with Gasteiger partial charge in [-0.05, 0) is 72.9 Å². The average Bonchev–Trinajstić information content (AvgIpc) is 2.44. The largest absolute Gasteiger partial charge is 0.353 e. The molecule has 1 aliphatic heterocycles. The summed E-state index contributed by atoms with van der Waals surface area (Å²) in [4.78, 5) is 12.1. The highest BCUT2D eigenvalue weighted by molar-refractivity contribution is 9.10. The number of hydrogen-bond donors (Lipinski definition) is 2. The van der Waals surface area contributed by atoms with E-state index in [1.165, 1.54) is 6.07 Å². The van der Waals surface area contributed by atoms with Crippen molar-refractivity contribution in [1.82, 2.24) is 10.6 Å². The van der Waals surface area contributed by atoms with E-state index in [-0.39, 0.29) is 23.7 Å². The van der Waals surface area contributed by atoms with E-state index in [4.69, 9.17) is 0 Å². The molecule has 1 atom stereocenters. The number of carbonyl (C=O) groups excluding carboxylic acids is 1. The van der Waals surface area contributed by atoms with Crippen LogP contribution in [0.5, 0.6) is 0 Å². The fourth-order valence-corrected chi connectivity index (χ4v) is 2.94. The number of piperidine rings is 1. The molecule has 0 aromatic heterocycles. The van der Waals surface area contributed by atoms with Crippen molar-refractivity contribution in [2.75, 3.05) is 13.1 Å². The van der Waals surface area contributed by atoms with Gasteiger partial charge in [-0.2, -0.15) is 0 Å². The molecule has 1 aliphatic rings. The van der Waals surface area contributed by atoms with E-state index >= 15 is 0 Å². The standard InChI is InChI=1S/C15H20BrFN2O/c1-10(8-11-2-3-14(17)13(16)9-11)19-15(20)12-4-6-18-7-5-12/h2-3,9-10,12,18H,4-8H2,1H3,(H,19,20). The molecule has 0 bridgehead atoms. The first-order valence-corrected chi connectivity index (χ1v) is 7.80. The Morgan fingerprint density at radius 2 is 2.20 bits per heavy atom. The van der Waals surface area contributed by atoms with Gasteiger partial charge in [-0.1, -0.05) is 6.07 Å². The number of nitrogens with one attached hydrogen (secondary N) is 2. The lowest BCUT2D eigenvalue weighted by atomic mass is 9.96. The van der Waals surface area contributed by atoms with Crippen molar-refractivity contribution >= 4 is 21.8 Å². The summed E-state index contributed by atoms with van der Waals surface area (Å²) in [5, 5.41) is 6.31. The quantitative estimate of drug-likeness (QED) is 0.883. The van der Waals surface area contributed by atoms with Crippen molar-refractivity contribution < 1.29 is 9.18 Å². The van der Waals surface area contributed by atoms with E-state index < -0.39 is 0 Å². The van der Waals surface area contributed by atoms with Crippen LogP contribution in [0.25, 0.3) is 0 Å². The van der Waals surface area contributed by atoms with Crippen LogP contribution < -0.4 is 10.6 Å².